The van der Waals surface area contributed by atoms with Gasteiger partial charge in [-0.15, -0.1) is 0 Å². The average Bonchev–Trinajstić information content (AvgIpc) is 2.74. The normalized spacial score (nSPS) is 11.6. The number of hydrogen-bond donors (Lipinski definition) is 0. The maximum atomic E-state index is 12.5. The fraction of sp³-hybridized carbons (Fsp3) is 0.167. The summed E-state index contributed by atoms with van der Waals surface area (Å²) >= 11 is 0. The molecule has 0 aliphatic heterocycles. The lowest BCUT2D eigenvalue weighted by Gasteiger charge is -2.07. The Morgan fingerprint density at radius 1 is 1.28 bits per heavy atom. The van der Waals surface area contributed by atoms with Crippen molar-refractivity contribution >= 4 is 5.78 Å². The predicted octanol–water partition coefficient (Wildman–Crippen LogP) is 2.67. The van der Waals surface area contributed by atoms with Gasteiger partial charge in [-0.05, 0) is 18.2 Å². The summed E-state index contributed by atoms with van der Waals surface area (Å²) in [6.07, 6.45) is -2.90. The Kier molecular flexibility index (Phi) is 2.94. The Hall–Kier alpha value is -2.11. The Bertz CT molecular complexity index is 587. The molecule has 0 saturated carbocycles. The average molecular weight is 254 g/mol. The molecule has 1 aromatic heterocycles. The highest BCUT2D eigenvalue weighted by atomic mass is 19.4. The van der Waals surface area contributed by atoms with Crippen LogP contribution in [0.4, 0.5) is 13.2 Å². The lowest BCUT2D eigenvalue weighted by Crippen LogP contribution is -2.08. The van der Waals surface area contributed by atoms with Gasteiger partial charge in [-0.2, -0.15) is 18.3 Å². The summed E-state index contributed by atoms with van der Waals surface area (Å²) < 4.78 is 38.9. The van der Waals surface area contributed by atoms with Gasteiger partial charge < -0.3 is 0 Å². The number of aryl methyl sites for hydroxylation is 1. The maximum Gasteiger partial charge on any atom is 0.416 e. The smallest absolute Gasteiger partial charge is 0.287 e. The molecule has 0 N–H and O–H groups in total. The zero-order valence-corrected chi connectivity index (χ0v) is 9.40. The SMILES string of the molecule is Cn1ccc(C(=O)c2cccc(C(F)(F)F)c2)n1. The molecule has 0 spiro atoms. The molecule has 0 saturated heterocycles. The van der Waals surface area contributed by atoms with Crippen LogP contribution >= 0.6 is 0 Å². The minimum absolute atomic E-state index is 0.0245. The summed E-state index contributed by atoms with van der Waals surface area (Å²) in [6, 6.07) is 5.76. The first-order valence-corrected chi connectivity index (χ1v) is 5.09. The number of aromatic nitrogens is 2. The highest BCUT2D eigenvalue weighted by Crippen LogP contribution is 2.29. The quantitative estimate of drug-likeness (QED) is 0.772. The number of alkyl halides is 3. The molecule has 1 heterocycles. The van der Waals surface area contributed by atoms with E-state index in [9.17, 15) is 18.0 Å². The number of benzene rings is 1. The van der Waals surface area contributed by atoms with Crippen molar-refractivity contribution in [2.75, 3.05) is 0 Å². The third-order valence-corrected chi connectivity index (χ3v) is 2.40. The first-order chi connectivity index (χ1) is 8.38. The minimum atomic E-state index is -4.46. The van der Waals surface area contributed by atoms with E-state index in [1.807, 2.05) is 0 Å². The second kappa shape index (κ2) is 4.29. The van der Waals surface area contributed by atoms with Crippen LogP contribution in [0.25, 0.3) is 0 Å². The van der Waals surface area contributed by atoms with Crippen LogP contribution in [0.3, 0.4) is 0 Å². The van der Waals surface area contributed by atoms with Gasteiger partial charge in [-0.25, -0.2) is 0 Å². The van der Waals surface area contributed by atoms with E-state index >= 15 is 0 Å². The number of rotatable bonds is 2. The molecular formula is C12H9F3N2O. The van der Waals surface area contributed by atoms with Crippen LogP contribution in [-0.4, -0.2) is 15.6 Å². The van der Waals surface area contributed by atoms with E-state index in [2.05, 4.69) is 5.10 Å². The van der Waals surface area contributed by atoms with Crippen molar-refractivity contribution in [3.63, 3.8) is 0 Å². The fourth-order valence-corrected chi connectivity index (χ4v) is 1.52. The first-order valence-electron chi connectivity index (χ1n) is 5.09. The molecule has 2 aromatic rings. The molecule has 0 amide bonds. The fourth-order valence-electron chi connectivity index (χ4n) is 1.52. The summed E-state index contributed by atoms with van der Waals surface area (Å²) in [7, 11) is 1.63. The molecular weight excluding hydrogens is 245 g/mol. The van der Waals surface area contributed by atoms with E-state index in [1.54, 1.807) is 13.2 Å². The van der Waals surface area contributed by atoms with Gasteiger partial charge in [0.25, 0.3) is 0 Å². The summed E-state index contributed by atoms with van der Waals surface area (Å²) in [5.74, 6) is -0.526. The van der Waals surface area contributed by atoms with Crippen molar-refractivity contribution in [1.82, 2.24) is 9.78 Å². The van der Waals surface area contributed by atoms with Gasteiger partial charge in [0.05, 0.1) is 5.56 Å². The number of hydrogen-bond acceptors (Lipinski definition) is 2. The number of nitrogens with zero attached hydrogens (tertiary/aromatic N) is 2. The van der Waals surface area contributed by atoms with Gasteiger partial charge in [0.15, 0.2) is 0 Å². The number of carbonyl (C=O) groups excluding carboxylic acids is 1. The molecule has 94 valence electrons. The molecule has 0 fully saturated rings. The topological polar surface area (TPSA) is 34.9 Å². The second-order valence-electron chi connectivity index (χ2n) is 3.78. The molecule has 6 heteroatoms. The van der Waals surface area contributed by atoms with E-state index in [4.69, 9.17) is 0 Å². The molecule has 0 aliphatic carbocycles. The standard InChI is InChI=1S/C12H9F3N2O/c1-17-6-5-10(16-17)11(18)8-3-2-4-9(7-8)12(13,14)15/h2-7H,1H3. The van der Waals surface area contributed by atoms with Gasteiger partial charge >= 0.3 is 6.18 Å². The van der Waals surface area contributed by atoms with Crippen molar-refractivity contribution in [1.29, 1.82) is 0 Å². The van der Waals surface area contributed by atoms with Gasteiger partial charge in [0.2, 0.25) is 5.78 Å². The number of carbonyl (C=O) groups is 1. The van der Waals surface area contributed by atoms with Crippen molar-refractivity contribution in [2.24, 2.45) is 7.05 Å². The van der Waals surface area contributed by atoms with Crippen molar-refractivity contribution in [3.05, 3.63) is 53.3 Å². The molecule has 3 nitrogen and oxygen atoms in total. The minimum Gasteiger partial charge on any atom is -0.287 e. The third kappa shape index (κ3) is 2.42. The Morgan fingerprint density at radius 3 is 2.56 bits per heavy atom. The van der Waals surface area contributed by atoms with E-state index in [1.165, 1.54) is 22.9 Å². The molecule has 2 rings (SSSR count). The van der Waals surface area contributed by atoms with Gasteiger partial charge in [0.1, 0.15) is 5.69 Å². The van der Waals surface area contributed by atoms with Crippen molar-refractivity contribution in [3.8, 4) is 0 Å². The first kappa shape index (κ1) is 12.3. The lowest BCUT2D eigenvalue weighted by atomic mass is 10.1. The molecule has 0 radical (unpaired) electrons. The van der Waals surface area contributed by atoms with Crippen LogP contribution in [0.1, 0.15) is 21.6 Å². The molecule has 1 aromatic carbocycles. The summed E-state index contributed by atoms with van der Waals surface area (Å²) in [5.41, 5.74) is -0.746. The monoisotopic (exact) mass is 254 g/mol. The van der Waals surface area contributed by atoms with Crippen LogP contribution in [0.15, 0.2) is 36.5 Å². The number of halogens is 3. The van der Waals surface area contributed by atoms with Crippen LogP contribution in [-0.2, 0) is 13.2 Å². The largest absolute Gasteiger partial charge is 0.416 e. The van der Waals surface area contributed by atoms with Crippen LogP contribution in [0.5, 0.6) is 0 Å². The van der Waals surface area contributed by atoms with Crippen LogP contribution in [0, 0.1) is 0 Å². The van der Waals surface area contributed by atoms with Crippen molar-refractivity contribution in [2.45, 2.75) is 6.18 Å². The highest BCUT2D eigenvalue weighted by Gasteiger charge is 2.31. The van der Waals surface area contributed by atoms with E-state index in [-0.39, 0.29) is 11.3 Å². The van der Waals surface area contributed by atoms with Gasteiger partial charge in [-0.3, -0.25) is 9.48 Å². The molecule has 0 aliphatic rings. The summed E-state index contributed by atoms with van der Waals surface area (Å²) in [5, 5.41) is 3.86. The van der Waals surface area contributed by atoms with Gasteiger partial charge in [0, 0.05) is 18.8 Å². The highest BCUT2D eigenvalue weighted by molar-refractivity contribution is 6.07. The predicted molar refractivity (Wildman–Crippen MR) is 58.1 cm³/mol. The molecule has 0 atom stereocenters. The van der Waals surface area contributed by atoms with E-state index in [0.29, 0.717) is 0 Å². The third-order valence-electron chi connectivity index (χ3n) is 2.40. The maximum absolute atomic E-state index is 12.5. The van der Waals surface area contributed by atoms with Crippen LogP contribution in [0.2, 0.25) is 0 Å². The summed E-state index contributed by atoms with van der Waals surface area (Å²) in [4.78, 5) is 11.9. The number of ketones is 1. The molecule has 18 heavy (non-hydrogen) atoms. The van der Waals surface area contributed by atoms with Crippen molar-refractivity contribution < 1.29 is 18.0 Å². The zero-order valence-electron chi connectivity index (χ0n) is 9.40. The second-order valence-corrected chi connectivity index (χ2v) is 3.78. The van der Waals surface area contributed by atoms with E-state index in [0.717, 1.165) is 12.1 Å². The Morgan fingerprint density at radius 2 is 2.00 bits per heavy atom. The zero-order chi connectivity index (χ0) is 13.3. The molecule has 0 bridgehead atoms. The Labute approximate surface area is 101 Å². The lowest BCUT2D eigenvalue weighted by molar-refractivity contribution is -0.137. The van der Waals surface area contributed by atoms with Gasteiger partial charge in [-0.1, -0.05) is 12.1 Å². The van der Waals surface area contributed by atoms with Crippen LogP contribution < -0.4 is 0 Å². The van der Waals surface area contributed by atoms with E-state index < -0.39 is 17.5 Å². The Balaban J connectivity index is 2.37. The molecule has 0 unspecified atom stereocenters. The summed E-state index contributed by atoms with van der Waals surface area (Å²) in [6.45, 7) is 0.